The molecule has 1 amide bonds. The molecule has 2 aromatic rings. The van der Waals surface area contributed by atoms with E-state index in [9.17, 15) is 4.79 Å². The van der Waals surface area contributed by atoms with Gasteiger partial charge in [-0.05, 0) is 23.8 Å². The summed E-state index contributed by atoms with van der Waals surface area (Å²) in [6.45, 7) is -0.202. The molecule has 0 spiro atoms. The number of rotatable bonds is 5. The Kier molecular flexibility index (Phi) is 5.06. The minimum Gasteiger partial charge on any atom is -0.313 e. The average molecular weight is 291 g/mol. The van der Waals surface area contributed by atoms with Gasteiger partial charge in [0.25, 0.3) is 0 Å². The number of benzene rings is 1. The molecule has 6 nitrogen and oxygen atoms in total. The van der Waals surface area contributed by atoms with Gasteiger partial charge in [-0.2, -0.15) is 10.5 Å². The number of carbonyl (C=O) groups excluding carboxylic acids is 1. The molecule has 2 rings (SSSR count). The molecule has 1 heterocycles. The zero-order chi connectivity index (χ0) is 15.8. The molecule has 0 saturated heterocycles. The molecule has 6 heteroatoms. The maximum absolute atomic E-state index is 11.9. The fraction of sp³-hybridized carbons (Fsp3) is 0.125. The highest BCUT2D eigenvalue weighted by atomic mass is 16.2. The summed E-state index contributed by atoms with van der Waals surface area (Å²) < 4.78 is 1.88. The molecule has 0 radical (unpaired) electrons. The largest absolute Gasteiger partial charge is 0.313 e. The number of nitriles is 2. The Balaban J connectivity index is 2.05. The van der Waals surface area contributed by atoms with E-state index in [4.69, 9.17) is 10.5 Å². The molecule has 0 aliphatic heterocycles. The third-order valence-corrected chi connectivity index (χ3v) is 2.95. The lowest BCUT2D eigenvalue weighted by Gasteiger charge is -2.12. The summed E-state index contributed by atoms with van der Waals surface area (Å²) in [6.07, 6.45) is 8.26. The predicted octanol–water partition coefficient (Wildman–Crippen LogP) is 1.76. The molecular formula is C16H13N5O. The highest BCUT2D eigenvalue weighted by Gasteiger charge is 2.08. The maximum atomic E-state index is 11.9. The molecule has 1 aromatic heterocycles. The van der Waals surface area contributed by atoms with Crippen LogP contribution in [0, 0.1) is 22.7 Å². The van der Waals surface area contributed by atoms with Crippen LogP contribution in [-0.2, 0) is 4.79 Å². The van der Waals surface area contributed by atoms with E-state index in [0.717, 1.165) is 11.3 Å². The van der Waals surface area contributed by atoms with Crippen molar-refractivity contribution in [1.82, 2.24) is 14.5 Å². The van der Waals surface area contributed by atoms with Crippen molar-refractivity contribution in [1.29, 1.82) is 10.5 Å². The molecule has 1 aromatic carbocycles. The van der Waals surface area contributed by atoms with E-state index in [1.54, 1.807) is 18.6 Å². The van der Waals surface area contributed by atoms with Crippen molar-refractivity contribution in [2.24, 2.45) is 0 Å². The summed E-state index contributed by atoms with van der Waals surface area (Å²) in [5.74, 6) is -0.359. The Morgan fingerprint density at radius 2 is 1.91 bits per heavy atom. The first kappa shape index (κ1) is 15.0. The lowest BCUT2D eigenvalue weighted by Crippen LogP contribution is -2.30. The van der Waals surface area contributed by atoms with Crippen LogP contribution in [0.25, 0.3) is 11.8 Å². The van der Waals surface area contributed by atoms with Crippen LogP contribution >= 0.6 is 0 Å². The van der Waals surface area contributed by atoms with Crippen molar-refractivity contribution >= 4 is 12.0 Å². The van der Waals surface area contributed by atoms with E-state index in [2.05, 4.69) is 4.98 Å². The normalized spacial score (nSPS) is 10.1. The van der Waals surface area contributed by atoms with Gasteiger partial charge in [0.1, 0.15) is 13.1 Å². The SMILES string of the molecule is N#CCN(CC#N)C(=O)/C=C\c1ccc(-n2ccnc2)cc1. The minimum atomic E-state index is -0.359. The standard InChI is InChI=1S/C16H13N5O/c17-7-10-20(11-8-18)16(22)6-3-14-1-4-15(5-2-14)21-12-9-19-13-21/h1-6,9,12-13H,10-11H2/b6-3-. The summed E-state index contributed by atoms with van der Waals surface area (Å²) in [4.78, 5) is 17.0. The number of hydrogen-bond acceptors (Lipinski definition) is 4. The highest BCUT2D eigenvalue weighted by molar-refractivity contribution is 5.92. The summed E-state index contributed by atoms with van der Waals surface area (Å²) in [5.41, 5.74) is 1.82. The third kappa shape index (κ3) is 3.81. The van der Waals surface area contributed by atoms with Crippen molar-refractivity contribution in [2.75, 3.05) is 13.1 Å². The molecule has 0 aliphatic carbocycles. The molecule has 0 unspecified atom stereocenters. The Hall–Kier alpha value is -3.38. The van der Waals surface area contributed by atoms with Crippen molar-refractivity contribution in [3.05, 3.63) is 54.6 Å². The zero-order valence-corrected chi connectivity index (χ0v) is 11.8. The van der Waals surface area contributed by atoms with Gasteiger partial charge in [-0.25, -0.2) is 4.98 Å². The zero-order valence-electron chi connectivity index (χ0n) is 11.8. The second kappa shape index (κ2) is 7.41. The van der Waals surface area contributed by atoms with Crippen LogP contribution in [0.3, 0.4) is 0 Å². The van der Waals surface area contributed by atoms with Crippen molar-refractivity contribution in [3.63, 3.8) is 0 Å². The van der Waals surface area contributed by atoms with Gasteiger partial charge >= 0.3 is 0 Å². The second-order valence-electron chi connectivity index (χ2n) is 4.41. The van der Waals surface area contributed by atoms with E-state index >= 15 is 0 Å². The first-order valence-corrected chi connectivity index (χ1v) is 6.54. The highest BCUT2D eigenvalue weighted by Crippen LogP contribution is 2.10. The number of carbonyl (C=O) groups is 1. The van der Waals surface area contributed by atoms with E-state index < -0.39 is 0 Å². The number of nitrogens with zero attached hydrogens (tertiary/aromatic N) is 5. The van der Waals surface area contributed by atoms with Crippen LogP contribution < -0.4 is 0 Å². The Morgan fingerprint density at radius 3 is 2.45 bits per heavy atom. The molecule has 22 heavy (non-hydrogen) atoms. The minimum absolute atomic E-state index is 0.101. The van der Waals surface area contributed by atoms with Crippen molar-refractivity contribution in [3.8, 4) is 17.8 Å². The van der Waals surface area contributed by atoms with E-state index in [-0.39, 0.29) is 19.0 Å². The van der Waals surface area contributed by atoms with Crippen LogP contribution in [0.2, 0.25) is 0 Å². The maximum Gasteiger partial charge on any atom is 0.248 e. The van der Waals surface area contributed by atoms with Crippen LogP contribution in [0.1, 0.15) is 5.56 Å². The quantitative estimate of drug-likeness (QED) is 0.620. The third-order valence-electron chi connectivity index (χ3n) is 2.95. The Morgan fingerprint density at radius 1 is 1.23 bits per heavy atom. The summed E-state index contributed by atoms with van der Waals surface area (Å²) in [6, 6.07) is 11.3. The van der Waals surface area contributed by atoms with E-state index in [0.29, 0.717) is 0 Å². The van der Waals surface area contributed by atoms with Gasteiger partial charge in [0.05, 0.1) is 18.5 Å². The first-order chi connectivity index (χ1) is 10.7. The van der Waals surface area contributed by atoms with E-state index in [1.807, 2.05) is 47.2 Å². The van der Waals surface area contributed by atoms with E-state index in [1.165, 1.54) is 11.0 Å². The Bertz CT molecular complexity index is 716. The lowest BCUT2D eigenvalue weighted by atomic mass is 10.2. The molecular weight excluding hydrogens is 278 g/mol. The van der Waals surface area contributed by atoms with Gasteiger partial charge < -0.3 is 9.47 Å². The van der Waals surface area contributed by atoms with Crippen LogP contribution in [0.5, 0.6) is 0 Å². The van der Waals surface area contributed by atoms with Gasteiger partial charge in [0, 0.05) is 24.2 Å². The smallest absolute Gasteiger partial charge is 0.248 e. The molecule has 0 N–H and O–H groups in total. The summed E-state index contributed by atoms with van der Waals surface area (Å²) in [7, 11) is 0. The molecule has 0 saturated carbocycles. The molecule has 0 bridgehead atoms. The van der Waals surface area contributed by atoms with Crippen LogP contribution in [-0.4, -0.2) is 33.4 Å². The fourth-order valence-corrected chi connectivity index (χ4v) is 1.82. The summed E-state index contributed by atoms with van der Waals surface area (Å²) in [5, 5.41) is 17.3. The molecule has 0 atom stereocenters. The van der Waals surface area contributed by atoms with Crippen LogP contribution in [0.4, 0.5) is 0 Å². The van der Waals surface area contributed by atoms with Crippen LogP contribution in [0.15, 0.2) is 49.1 Å². The number of hydrogen-bond donors (Lipinski definition) is 0. The van der Waals surface area contributed by atoms with Gasteiger partial charge in [0.15, 0.2) is 0 Å². The van der Waals surface area contributed by atoms with Gasteiger partial charge in [-0.1, -0.05) is 12.1 Å². The van der Waals surface area contributed by atoms with Crippen molar-refractivity contribution in [2.45, 2.75) is 0 Å². The number of imidazole rings is 1. The fourth-order valence-electron chi connectivity index (χ4n) is 1.82. The summed E-state index contributed by atoms with van der Waals surface area (Å²) >= 11 is 0. The molecule has 0 fully saturated rings. The molecule has 0 aliphatic rings. The lowest BCUT2D eigenvalue weighted by molar-refractivity contribution is -0.124. The second-order valence-corrected chi connectivity index (χ2v) is 4.41. The Labute approximate surface area is 128 Å². The van der Waals surface area contributed by atoms with Gasteiger partial charge in [-0.3, -0.25) is 4.79 Å². The predicted molar refractivity (Wildman–Crippen MR) is 80.4 cm³/mol. The number of amides is 1. The average Bonchev–Trinajstić information content (AvgIpc) is 3.07. The topological polar surface area (TPSA) is 85.7 Å². The van der Waals surface area contributed by atoms with Gasteiger partial charge in [-0.15, -0.1) is 0 Å². The number of aromatic nitrogens is 2. The molecule has 108 valence electrons. The van der Waals surface area contributed by atoms with Gasteiger partial charge in [0.2, 0.25) is 5.91 Å². The first-order valence-electron chi connectivity index (χ1n) is 6.54. The van der Waals surface area contributed by atoms with Crippen molar-refractivity contribution < 1.29 is 4.79 Å². The monoisotopic (exact) mass is 291 g/mol.